The lowest BCUT2D eigenvalue weighted by Gasteiger charge is -2.09. The van der Waals surface area contributed by atoms with Crippen LogP contribution in [0.4, 0.5) is 0 Å². The molecule has 0 atom stereocenters. The molecule has 0 unspecified atom stereocenters. The van der Waals surface area contributed by atoms with Gasteiger partial charge in [-0.25, -0.2) is 4.18 Å². The van der Waals surface area contributed by atoms with E-state index in [0.717, 1.165) is 0 Å². The number of ether oxygens (including phenoxy) is 2. The van der Waals surface area contributed by atoms with E-state index in [1.54, 1.807) is 0 Å². The third-order valence-corrected chi connectivity index (χ3v) is 2.52. The zero-order valence-electron chi connectivity index (χ0n) is 7.34. The third kappa shape index (κ3) is 3.54. The van der Waals surface area contributed by atoms with Gasteiger partial charge in [0.25, 0.3) is 16.6 Å². The number of carbonyl (C=O) groups is 1. The summed E-state index contributed by atoms with van der Waals surface area (Å²) >= 11 is 0. The predicted octanol–water partition coefficient (Wildman–Crippen LogP) is -0.582. The molecule has 1 aliphatic heterocycles. The van der Waals surface area contributed by atoms with Crippen molar-refractivity contribution in [3.63, 3.8) is 0 Å². The van der Waals surface area contributed by atoms with Crippen LogP contribution in [-0.4, -0.2) is 40.1 Å². The van der Waals surface area contributed by atoms with Crippen molar-refractivity contribution in [3.05, 3.63) is 12.2 Å². The molecule has 1 aliphatic rings. The molecule has 0 aromatic carbocycles. The number of aldehydes is 1. The van der Waals surface area contributed by atoms with Gasteiger partial charge in [-0.2, -0.15) is 8.42 Å². The molecule has 0 N–H and O–H groups in total. The summed E-state index contributed by atoms with van der Waals surface area (Å²) in [4.78, 5) is 10.1. The SMILES string of the molecule is C=C(C=O)CS(=O)(=O)OC1OCCO1. The lowest BCUT2D eigenvalue weighted by atomic mass is 10.4. The van der Waals surface area contributed by atoms with Gasteiger partial charge < -0.3 is 9.47 Å². The summed E-state index contributed by atoms with van der Waals surface area (Å²) in [7, 11) is -3.86. The Bertz CT molecular complexity index is 313. The van der Waals surface area contributed by atoms with E-state index in [1.165, 1.54) is 0 Å². The Hall–Kier alpha value is -0.760. The zero-order chi connectivity index (χ0) is 10.6. The van der Waals surface area contributed by atoms with Crippen LogP contribution in [0.25, 0.3) is 0 Å². The van der Waals surface area contributed by atoms with Crippen LogP contribution in [0.3, 0.4) is 0 Å². The van der Waals surface area contributed by atoms with Gasteiger partial charge in [-0.1, -0.05) is 6.58 Å². The molecule has 0 aromatic rings. The van der Waals surface area contributed by atoms with Gasteiger partial charge in [-0.15, -0.1) is 0 Å². The summed E-state index contributed by atoms with van der Waals surface area (Å²) in [6.07, 6.45) is 0.358. The molecule has 7 heteroatoms. The maximum absolute atomic E-state index is 11.2. The van der Waals surface area contributed by atoms with Crippen molar-refractivity contribution in [2.24, 2.45) is 0 Å². The molecule has 80 valence electrons. The number of hydrogen-bond donors (Lipinski definition) is 0. The first-order chi connectivity index (χ1) is 6.53. The smallest absolute Gasteiger partial charge is 0.287 e. The lowest BCUT2D eigenvalue weighted by Crippen LogP contribution is -2.21. The number of carbonyl (C=O) groups excluding carboxylic acids is 1. The molecule has 6 nitrogen and oxygen atoms in total. The van der Waals surface area contributed by atoms with Gasteiger partial charge in [-0.05, 0) is 0 Å². The minimum absolute atomic E-state index is 0.0806. The maximum atomic E-state index is 11.2. The summed E-state index contributed by atoms with van der Waals surface area (Å²) in [5, 5.41) is 0. The molecule has 0 aromatic heterocycles. The molecule has 0 bridgehead atoms. The van der Waals surface area contributed by atoms with Gasteiger partial charge in [0, 0.05) is 5.57 Å². The Morgan fingerprint density at radius 3 is 2.57 bits per heavy atom. The average molecular weight is 222 g/mol. The monoisotopic (exact) mass is 222 g/mol. The van der Waals surface area contributed by atoms with Crippen molar-refractivity contribution in [2.45, 2.75) is 6.48 Å². The molecule has 1 saturated heterocycles. The lowest BCUT2D eigenvalue weighted by molar-refractivity contribution is -0.173. The molecule has 0 aliphatic carbocycles. The fraction of sp³-hybridized carbons (Fsp3) is 0.571. The molecule has 14 heavy (non-hydrogen) atoms. The van der Waals surface area contributed by atoms with Crippen LogP contribution < -0.4 is 0 Å². The van der Waals surface area contributed by atoms with Crippen molar-refractivity contribution in [2.75, 3.05) is 19.0 Å². The van der Waals surface area contributed by atoms with E-state index in [0.29, 0.717) is 6.29 Å². The van der Waals surface area contributed by atoms with Gasteiger partial charge in [0.2, 0.25) is 0 Å². The number of hydrogen-bond acceptors (Lipinski definition) is 6. The first-order valence-electron chi connectivity index (χ1n) is 3.80. The highest BCUT2D eigenvalue weighted by Gasteiger charge is 2.24. The fourth-order valence-electron chi connectivity index (χ4n) is 0.807. The van der Waals surface area contributed by atoms with Crippen LogP contribution >= 0.6 is 0 Å². The van der Waals surface area contributed by atoms with Gasteiger partial charge in [0.1, 0.15) is 12.0 Å². The van der Waals surface area contributed by atoms with Gasteiger partial charge >= 0.3 is 0 Å². The second-order valence-electron chi connectivity index (χ2n) is 2.60. The van der Waals surface area contributed by atoms with E-state index in [-0.39, 0.29) is 18.8 Å². The Balaban J connectivity index is 2.48. The Morgan fingerprint density at radius 1 is 1.50 bits per heavy atom. The average Bonchev–Trinajstić information content (AvgIpc) is 2.54. The summed E-state index contributed by atoms with van der Waals surface area (Å²) < 4.78 is 36.3. The van der Waals surface area contributed by atoms with Crippen molar-refractivity contribution in [3.8, 4) is 0 Å². The molecule has 0 amide bonds. The van der Waals surface area contributed by atoms with Crippen LogP contribution in [0, 0.1) is 0 Å². The summed E-state index contributed by atoms with van der Waals surface area (Å²) in [6, 6.07) is 0. The van der Waals surface area contributed by atoms with E-state index >= 15 is 0 Å². The topological polar surface area (TPSA) is 78.9 Å². The Morgan fingerprint density at radius 2 is 2.07 bits per heavy atom. The highest BCUT2D eigenvalue weighted by Crippen LogP contribution is 2.10. The van der Waals surface area contributed by atoms with Crippen LogP contribution in [-0.2, 0) is 28.6 Å². The maximum Gasteiger partial charge on any atom is 0.287 e. The molecule has 1 heterocycles. The molecule has 0 saturated carbocycles. The van der Waals surface area contributed by atoms with Crippen LogP contribution in [0.2, 0.25) is 0 Å². The standard InChI is InChI=1S/C7H10O6S/c1-6(4-8)5-14(9,10)13-7-11-2-3-12-7/h4,7H,1-3,5H2. The highest BCUT2D eigenvalue weighted by atomic mass is 32.2. The second kappa shape index (κ2) is 4.65. The first kappa shape index (κ1) is 11.3. The summed E-state index contributed by atoms with van der Waals surface area (Å²) in [6.45, 7) is 2.60. The molecular formula is C7H10O6S. The van der Waals surface area contributed by atoms with E-state index in [4.69, 9.17) is 9.47 Å². The highest BCUT2D eigenvalue weighted by molar-refractivity contribution is 7.86. The van der Waals surface area contributed by atoms with Gasteiger partial charge in [0.15, 0.2) is 0 Å². The van der Waals surface area contributed by atoms with Crippen molar-refractivity contribution in [1.29, 1.82) is 0 Å². The largest absolute Gasteiger partial charge is 0.327 e. The van der Waals surface area contributed by atoms with Gasteiger partial charge in [-0.3, -0.25) is 4.79 Å². The van der Waals surface area contributed by atoms with Crippen molar-refractivity contribution in [1.82, 2.24) is 0 Å². The molecule has 0 spiro atoms. The predicted molar refractivity (Wildman–Crippen MR) is 45.8 cm³/mol. The summed E-state index contributed by atoms with van der Waals surface area (Å²) in [5.74, 6) is -0.556. The van der Waals surface area contributed by atoms with Crippen molar-refractivity contribution >= 4 is 16.4 Å². The molecular weight excluding hydrogens is 212 g/mol. The van der Waals surface area contributed by atoms with Gasteiger partial charge in [0.05, 0.1) is 13.2 Å². The molecule has 0 radical (unpaired) electrons. The first-order valence-corrected chi connectivity index (χ1v) is 5.38. The van der Waals surface area contributed by atoms with Crippen LogP contribution in [0.1, 0.15) is 0 Å². The van der Waals surface area contributed by atoms with E-state index in [2.05, 4.69) is 10.8 Å². The van der Waals surface area contributed by atoms with Crippen molar-refractivity contribution < 1.29 is 26.9 Å². The fourth-order valence-corrected chi connectivity index (χ4v) is 1.75. The van der Waals surface area contributed by atoms with E-state index in [9.17, 15) is 13.2 Å². The van der Waals surface area contributed by atoms with Crippen LogP contribution in [0.5, 0.6) is 0 Å². The molecule has 1 fully saturated rings. The minimum atomic E-state index is -3.86. The second-order valence-corrected chi connectivity index (χ2v) is 4.20. The quantitative estimate of drug-likeness (QED) is 0.352. The van der Waals surface area contributed by atoms with Crippen LogP contribution in [0.15, 0.2) is 12.2 Å². The minimum Gasteiger partial charge on any atom is -0.327 e. The molecule has 1 rings (SSSR count). The normalized spacial score (nSPS) is 18.3. The Kier molecular flexibility index (Phi) is 3.76. The third-order valence-electron chi connectivity index (χ3n) is 1.35. The Labute approximate surface area is 81.6 Å². The summed E-state index contributed by atoms with van der Waals surface area (Å²) in [5.41, 5.74) is -0.0806. The van der Waals surface area contributed by atoms with E-state index < -0.39 is 22.3 Å². The zero-order valence-corrected chi connectivity index (χ0v) is 8.16. The van der Waals surface area contributed by atoms with E-state index in [1.807, 2.05) is 0 Å². The number of rotatable bonds is 5.